The summed E-state index contributed by atoms with van der Waals surface area (Å²) in [6, 6.07) is 0.729. The van der Waals surface area contributed by atoms with Crippen molar-refractivity contribution >= 4 is 0 Å². The molecule has 2 unspecified atom stereocenters. The van der Waals surface area contributed by atoms with Gasteiger partial charge in [0, 0.05) is 12.6 Å². The number of nitrogens with one attached hydrogen (secondary N) is 1. The molecule has 1 aliphatic rings. The van der Waals surface area contributed by atoms with E-state index in [1.165, 1.54) is 13.0 Å². The van der Waals surface area contributed by atoms with Gasteiger partial charge in [0.1, 0.15) is 0 Å². The summed E-state index contributed by atoms with van der Waals surface area (Å²) < 4.78 is 0. The molecule has 1 saturated heterocycles. The molecule has 1 heteroatoms. The molecular weight excluding hydrogens is 122 g/mol. The van der Waals surface area contributed by atoms with E-state index in [-0.39, 0.29) is 0 Å². The third-order valence-corrected chi connectivity index (χ3v) is 3.02. The molecule has 0 aliphatic carbocycles. The van der Waals surface area contributed by atoms with Gasteiger partial charge in [-0.3, -0.25) is 0 Å². The second-order valence-corrected chi connectivity index (χ2v) is 4.29. The van der Waals surface area contributed by atoms with Crippen LogP contribution in [0.5, 0.6) is 0 Å². The van der Waals surface area contributed by atoms with Crippen LogP contribution in [0, 0.1) is 11.3 Å². The molecule has 1 heterocycles. The Kier molecular flexibility index (Phi) is 2.04. The number of rotatable bonds is 1. The van der Waals surface area contributed by atoms with E-state index in [4.69, 9.17) is 0 Å². The molecule has 0 radical (unpaired) electrons. The van der Waals surface area contributed by atoms with Crippen LogP contribution in [0.15, 0.2) is 0 Å². The minimum Gasteiger partial charge on any atom is -0.314 e. The fourth-order valence-corrected chi connectivity index (χ4v) is 1.69. The lowest BCUT2D eigenvalue weighted by Crippen LogP contribution is -2.25. The van der Waals surface area contributed by atoms with Crippen molar-refractivity contribution in [2.75, 3.05) is 6.54 Å². The third-order valence-electron chi connectivity index (χ3n) is 3.02. The smallest absolute Gasteiger partial charge is 0.00447 e. The zero-order valence-corrected chi connectivity index (χ0v) is 7.57. The SMILES string of the molecule is CC1CC(C)(C(C)C)CN1. The molecular formula is C9H19N. The average molecular weight is 141 g/mol. The van der Waals surface area contributed by atoms with Gasteiger partial charge in [-0.25, -0.2) is 0 Å². The predicted octanol–water partition coefficient (Wildman–Crippen LogP) is 2.03. The molecule has 1 rings (SSSR count). The zero-order chi connectivity index (χ0) is 7.78. The number of hydrogen-bond acceptors (Lipinski definition) is 1. The lowest BCUT2D eigenvalue weighted by Gasteiger charge is -2.27. The molecule has 1 fully saturated rings. The second-order valence-electron chi connectivity index (χ2n) is 4.29. The molecule has 1 N–H and O–H groups in total. The topological polar surface area (TPSA) is 12.0 Å². The van der Waals surface area contributed by atoms with Gasteiger partial charge < -0.3 is 5.32 Å². The molecule has 0 aromatic carbocycles. The molecule has 10 heavy (non-hydrogen) atoms. The highest BCUT2D eigenvalue weighted by Gasteiger charge is 2.34. The van der Waals surface area contributed by atoms with E-state index in [1.807, 2.05) is 0 Å². The zero-order valence-electron chi connectivity index (χ0n) is 7.57. The first-order valence-electron chi connectivity index (χ1n) is 4.28. The monoisotopic (exact) mass is 141 g/mol. The van der Waals surface area contributed by atoms with Gasteiger partial charge in [0.15, 0.2) is 0 Å². The highest BCUT2D eigenvalue weighted by Crippen LogP contribution is 2.35. The molecule has 0 aromatic rings. The van der Waals surface area contributed by atoms with Gasteiger partial charge in [-0.15, -0.1) is 0 Å². The summed E-state index contributed by atoms with van der Waals surface area (Å²) >= 11 is 0. The van der Waals surface area contributed by atoms with Crippen LogP contribution in [-0.4, -0.2) is 12.6 Å². The van der Waals surface area contributed by atoms with Crippen molar-refractivity contribution in [1.29, 1.82) is 0 Å². The van der Waals surface area contributed by atoms with Crippen LogP contribution in [-0.2, 0) is 0 Å². The van der Waals surface area contributed by atoms with Crippen LogP contribution >= 0.6 is 0 Å². The van der Waals surface area contributed by atoms with Gasteiger partial charge in [-0.05, 0) is 24.7 Å². The number of hydrogen-bond donors (Lipinski definition) is 1. The van der Waals surface area contributed by atoms with Crippen LogP contribution < -0.4 is 5.32 Å². The summed E-state index contributed by atoms with van der Waals surface area (Å²) in [5, 5.41) is 3.49. The van der Waals surface area contributed by atoms with Crippen molar-refractivity contribution in [3.8, 4) is 0 Å². The standard InChI is InChI=1S/C9H19N/c1-7(2)9(4)5-8(3)10-6-9/h7-8,10H,5-6H2,1-4H3. The fourth-order valence-electron chi connectivity index (χ4n) is 1.69. The maximum absolute atomic E-state index is 3.49. The van der Waals surface area contributed by atoms with Gasteiger partial charge in [0.2, 0.25) is 0 Å². The minimum absolute atomic E-state index is 0.555. The van der Waals surface area contributed by atoms with Gasteiger partial charge >= 0.3 is 0 Å². The van der Waals surface area contributed by atoms with Crippen LogP contribution in [0.3, 0.4) is 0 Å². The van der Waals surface area contributed by atoms with Crippen LogP contribution in [0.4, 0.5) is 0 Å². The van der Waals surface area contributed by atoms with E-state index in [1.54, 1.807) is 0 Å². The Morgan fingerprint density at radius 3 is 2.30 bits per heavy atom. The lowest BCUT2D eigenvalue weighted by atomic mass is 9.77. The second kappa shape index (κ2) is 2.54. The minimum atomic E-state index is 0.555. The summed E-state index contributed by atoms with van der Waals surface area (Å²) in [6.45, 7) is 10.5. The first-order chi connectivity index (χ1) is 4.54. The molecule has 0 bridgehead atoms. The van der Waals surface area contributed by atoms with E-state index >= 15 is 0 Å². The van der Waals surface area contributed by atoms with Gasteiger partial charge in [0.25, 0.3) is 0 Å². The summed E-state index contributed by atoms with van der Waals surface area (Å²) in [5.41, 5.74) is 0.555. The average Bonchev–Trinajstić information content (AvgIpc) is 2.13. The lowest BCUT2D eigenvalue weighted by molar-refractivity contribution is 0.245. The van der Waals surface area contributed by atoms with E-state index in [0.717, 1.165) is 12.0 Å². The molecule has 1 nitrogen and oxygen atoms in total. The Labute approximate surface area is 64.2 Å². The van der Waals surface area contributed by atoms with Crippen molar-refractivity contribution in [2.45, 2.75) is 40.2 Å². The van der Waals surface area contributed by atoms with E-state index in [0.29, 0.717) is 5.41 Å². The van der Waals surface area contributed by atoms with Crippen LogP contribution in [0.25, 0.3) is 0 Å². The summed E-state index contributed by atoms with van der Waals surface area (Å²) in [6.07, 6.45) is 1.34. The Bertz CT molecular complexity index is 120. The summed E-state index contributed by atoms with van der Waals surface area (Å²) in [4.78, 5) is 0. The highest BCUT2D eigenvalue weighted by molar-refractivity contribution is 4.90. The molecule has 1 aliphatic heterocycles. The Hall–Kier alpha value is -0.0400. The van der Waals surface area contributed by atoms with Crippen molar-refractivity contribution in [3.05, 3.63) is 0 Å². The van der Waals surface area contributed by atoms with Crippen molar-refractivity contribution in [1.82, 2.24) is 5.32 Å². The van der Waals surface area contributed by atoms with Crippen molar-refractivity contribution in [2.24, 2.45) is 11.3 Å². The molecule has 2 atom stereocenters. The molecule has 0 spiro atoms. The summed E-state index contributed by atoms with van der Waals surface area (Å²) in [7, 11) is 0. The van der Waals surface area contributed by atoms with Crippen LogP contribution in [0.1, 0.15) is 34.1 Å². The largest absolute Gasteiger partial charge is 0.314 e. The molecule has 0 amide bonds. The Morgan fingerprint density at radius 1 is 1.50 bits per heavy atom. The van der Waals surface area contributed by atoms with E-state index in [9.17, 15) is 0 Å². The Balaban J connectivity index is 2.54. The first kappa shape index (κ1) is 8.06. The first-order valence-corrected chi connectivity index (χ1v) is 4.28. The van der Waals surface area contributed by atoms with E-state index in [2.05, 4.69) is 33.0 Å². The Morgan fingerprint density at radius 2 is 2.10 bits per heavy atom. The maximum atomic E-state index is 3.49. The summed E-state index contributed by atoms with van der Waals surface area (Å²) in [5.74, 6) is 0.810. The van der Waals surface area contributed by atoms with Gasteiger partial charge in [-0.2, -0.15) is 0 Å². The maximum Gasteiger partial charge on any atom is 0.00447 e. The van der Waals surface area contributed by atoms with Gasteiger partial charge in [-0.1, -0.05) is 20.8 Å². The van der Waals surface area contributed by atoms with Gasteiger partial charge in [0.05, 0.1) is 0 Å². The molecule has 0 aromatic heterocycles. The normalized spacial score (nSPS) is 41.1. The highest BCUT2D eigenvalue weighted by atomic mass is 15.0. The third kappa shape index (κ3) is 1.34. The molecule has 0 saturated carbocycles. The van der Waals surface area contributed by atoms with Crippen LogP contribution in [0.2, 0.25) is 0 Å². The van der Waals surface area contributed by atoms with E-state index < -0.39 is 0 Å². The quantitative estimate of drug-likeness (QED) is 0.589. The molecule has 60 valence electrons. The van der Waals surface area contributed by atoms with Crippen molar-refractivity contribution in [3.63, 3.8) is 0 Å². The van der Waals surface area contributed by atoms with Crippen molar-refractivity contribution < 1.29 is 0 Å². The fraction of sp³-hybridized carbons (Fsp3) is 1.00. The predicted molar refractivity (Wildman–Crippen MR) is 45.0 cm³/mol.